The molecule has 1 amide bonds. The summed E-state index contributed by atoms with van der Waals surface area (Å²) in [6.07, 6.45) is -0.430. The first kappa shape index (κ1) is 14.4. The molecule has 0 radical (unpaired) electrons. The second-order valence-corrected chi connectivity index (χ2v) is 5.93. The molecule has 5 nitrogen and oxygen atoms in total. The first-order chi connectivity index (χ1) is 9.26. The van der Waals surface area contributed by atoms with Crippen LogP contribution in [0.4, 0.5) is 4.79 Å². The van der Waals surface area contributed by atoms with Crippen molar-refractivity contribution < 1.29 is 9.53 Å². The Bertz CT molecular complexity index is 638. The lowest BCUT2D eigenvalue weighted by molar-refractivity contribution is 0.0522. The van der Waals surface area contributed by atoms with Crippen molar-refractivity contribution in [2.75, 3.05) is 0 Å². The lowest BCUT2D eigenvalue weighted by Gasteiger charge is -2.19. The van der Waals surface area contributed by atoms with Crippen LogP contribution in [0.1, 0.15) is 32.2 Å². The van der Waals surface area contributed by atoms with Gasteiger partial charge in [0.2, 0.25) is 0 Å². The summed E-state index contributed by atoms with van der Waals surface area (Å²) < 4.78 is 7.18. The maximum Gasteiger partial charge on any atom is 0.408 e. The van der Waals surface area contributed by atoms with Crippen LogP contribution in [0, 0.1) is 6.92 Å². The number of imidazole rings is 1. The van der Waals surface area contributed by atoms with Gasteiger partial charge in [-0.1, -0.05) is 6.07 Å². The van der Waals surface area contributed by atoms with E-state index in [2.05, 4.69) is 16.4 Å². The van der Waals surface area contributed by atoms with Crippen molar-refractivity contribution in [2.24, 2.45) is 7.05 Å². The number of fused-ring (bicyclic) bond motifs is 1. The predicted octanol–water partition coefficient (Wildman–Crippen LogP) is 2.91. The highest BCUT2D eigenvalue weighted by atomic mass is 16.6. The Morgan fingerprint density at radius 2 is 2.10 bits per heavy atom. The fraction of sp³-hybridized carbons (Fsp3) is 0.467. The van der Waals surface area contributed by atoms with Gasteiger partial charge in [0.1, 0.15) is 11.4 Å². The number of hydrogen-bond donors (Lipinski definition) is 1. The Morgan fingerprint density at radius 3 is 2.75 bits per heavy atom. The van der Waals surface area contributed by atoms with Crippen LogP contribution < -0.4 is 5.32 Å². The van der Waals surface area contributed by atoms with Crippen LogP contribution in [0.25, 0.3) is 11.0 Å². The molecule has 1 aromatic heterocycles. The van der Waals surface area contributed by atoms with Gasteiger partial charge in [0, 0.05) is 7.05 Å². The Labute approximate surface area is 118 Å². The van der Waals surface area contributed by atoms with Crippen LogP contribution in [0.3, 0.4) is 0 Å². The van der Waals surface area contributed by atoms with Crippen molar-refractivity contribution in [1.29, 1.82) is 0 Å². The first-order valence-corrected chi connectivity index (χ1v) is 6.65. The summed E-state index contributed by atoms with van der Waals surface area (Å²) in [5, 5.41) is 2.73. The van der Waals surface area contributed by atoms with E-state index in [1.165, 1.54) is 5.56 Å². The molecule has 0 aliphatic rings. The molecule has 1 heterocycles. The fourth-order valence-electron chi connectivity index (χ4n) is 1.98. The summed E-state index contributed by atoms with van der Waals surface area (Å²) in [6, 6.07) is 6.12. The van der Waals surface area contributed by atoms with E-state index < -0.39 is 11.7 Å². The van der Waals surface area contributed by atoms with Crippen molar-refractivity contribution in [1.82, 2.24) is 14.9 Å². The molecule has 0 aliphatic carbocycles. The zero-order valence-corrected chi connectivity index (χ0v) is 12.7. The normalized spacial score (nSPS) is 11.7. The molecular formula is C15H21N3O2. The SMILES string of the molecule is Cc1ccc2c(c1)nc(CNC(=O)OC(C)(C)C)n2C. The van der Waals surface area contributed by atoms with Crippen molar-refractivity contribution in [3.63, 3.8) is 0 Å². The number of carbonyl (C=O) groups is 1. The van der Waals surface area contributed by atoms with Gasteiger partial charge in [0.15, 0.2) is 0 Å². The van der Waals surface area contributed by atoms with E-state index in [4.69, 9.17) is 4.74 Å². The molecule has 0 aliphatic heterocycles. The Hall–Kier alpha value is -2.04. The van der Waals surface area contributed by atoms with Crippen LogP contribution in [0.5, 0.6) is 0 Å². The van der Waals surface area contributed by atoms with E-state index in [0.717, 1.165) is 16.9 Å². The van der Waals surface area contributed by atoms with Crippen molar-refractivity contribution >= 4 is 17.1 Å². The number of hydrogen-bond acceptors (Lipinski definition) is 3. The van der Waals surface area contributed by atoms with E-state index in [1.807, 2.05) is 51.4 Å². The average Bonchev–Trinajstić information content (AvgIpc) is 2.61. The third-order valence-corrected chi connectivity index (χ3v) is 2.92. The minimum Gasteiger partial charge on any atom is -0.444 e. The quantitative estimate of drug-likeness (QED) is 0.916. The number of rotatable bonds is 2. The summed E-state index contributed by atoms with van der Waals surface area (Å²) >= 11 is 0. The molecule has 0 atom stereocenters. The smallest absolute Gasteiger partial charge is 0.408 e. The van der Waals surface area contributed by atoms with Gasteiger partial charge in [-0.2, -0.15) is 0 Å². The molecule has 1 N–H and O–H groups in total. The number of amides is 1. The van der Waals surface area contributed by atoms with Gasteiger partial charge in [-0.15, -0.1) is 0 Å². The lowest BCUT2D eigenvalue weighted by atomic mass is 10.2. The number of aryl methyl sites for hydroxylation is 2. The minimum absolute atomic E-state index is 0.346. The predicted molar refractivity (Wildman–Crippen MR) is 78.5 cm³/mol. The third kappa shape index (κ3) is 3.29. The first-order valence-electron chi connectivity index (χ1n) is 6.65. The summed E-state index contributed by atoms with van der Waals surface area (Å²) in [5.74, 6) is 0.802. The summed E-state index contributed by atoms with van der Waals surface area (Å²) in [6.45, 7) is 7.89. The van der Waals surface area contributed by atoms with Gasteiger partial charge in [0.25, 0.3) is 0 Å². The topological polar surface area (TPSA) is 56.1 Å². The summed E-state index contributed by atoms with van der Waals surface area (Å²) in [4.78, 5) is 16.2. The van der Waals surface area contributed by atoms with Crippen LogP contribution >= 0.6 is 0 Å². The van der Waals surface area contributed by atoms with Crippen molar-refractivity contribution in [2.45, 2.75) is 39.8 Å². The highest BCUT2D eigenvalue weighted by Gasteiger charge is 2.16. The zero-order valence-electron chi connectivity index (χ0n) is 12.7. The summed E-state index contributed by atoms with van der Waals surface area (Å²) in [5.41, 5.74) is 2.67. The van der Waals surface area contributed by atoms with Gasteiger partial charge in [-0.25, -0.2) is 9.78 Å². The van der Waals surface area contributed by atoms with Gasteiger partial charge < -0.3 is 14.6 Å². The zero-order chi connectivity index (χ0) is 14.9. The molecule has 2 aromatic rings. The van der Waals surface area contributed by atoms with Gasteiger partial charge in [-0.05, 0) is 45.4 Å². The van der Waals surface area contributed by atoms with Crippen LogP contribution in [0.15, 0.2) is 18.2 Å². The Balaban J connectivity index is 2.10. The molecular weight excluding hydrogens is 254 g/mol. The molecule has 0 unspecified atom stereocenters. The van der Waals surface area contributed by atoms with E-state index in [-0.39, 0.29) is 0 Å². The number of alkyl carbamates (subject to hydrolysis) is 1. The highest BCUT2D eigenvalue weighted by Crippen LogP contribution is 2.16. The number of nitrogens with one attached hydrogen (secondary N) is 1. The molecule has 108 valence electrons. The monoisotopic (exact) mass is 275 g/mol. The van der Waals surface area contributed by atoms with Crippen molar-refractivity contribution in [3.05, 3.63) is 29.6 Å². The number of carbonyl (C=O) groups excluding carboxylic acids is 1. The van der Waals surface area contributed by atoms with Crippen LogP contribution in [-0.4, -0.2) is 21.2 Å². The Morgan fingerprint density at radius 1 is 1.40 bits per heavy atom. The molecule has 1 aromatic carbocycles. The molecule has 0 saturated heterocycles. The second-order valence-electron chi connectivity index (χ2n) is 5.93. The standard InChI is InChI=1S/C15H21N3O2/c1-10-6-7-12-11(8-10)17-13(18(12)5)9-16-14(19)20-15(2,3)4/h6-8H,9H2,1-5H3,(H,16,19). The lowest BCUT2D eigenvalue weighted by Crippen LogP contribution is -2.32. The van der Waals surface area contributed by atoms with Crippen molar-refractivity contribution in [3.8, 4) is 0 Å². The minimum atomic E-state index is -0.493. The molecule has 20 heavy (non-hydrogen) atoms. The average molecular weight is 275 g/mol. The van der Waals surface area contributed by atoms with E-state index >= 15 is 0 Å². The van der Waals surface area contributed by atoms with Gasteiger partial charge >= 0.3 is 6.09 Å². The fourth-order valence-corrected chi connectivity index (χ4v) is 1.98. The number of aromatic nitrogens is 2. The maximum absolute atomic E-state index is 11.6. The van der Waals surface area contributed by atoms with E-state index in [0.29, 0.717) is 6.54 Å². The molecule has 0 saturated carbocycles. The molecule has 0 spiro atoms. The second kappa shape index (κ2) is 5.15. The molecule has 0 bridgehead atoms. The molecule has 2 rings (SSSR count). The third-order valence-electron chi connectivity index (χ3n) is 2.92. The molecule has 0 fully saturated rings. The van der Waals surface area contributed by atoms with E-state index in [9.17, 15) is 4.79 Å². The maximum atomic E-state index is 11.6. The van der Waals surface area contributed by atoms with Gasteiger partial charge in [0.05, 0.1) is 17.6 Å². The Kier molecular flexibility index (Phi) is 3.70. The number of nitrogens with zero attached hydrogens (tertiary/aromatic N) is 2. The van der Waals surface area contributed by atoms with Crippen LogP contribution in [0.2, 0.25) is 0 Å². The van der Waals surface area contributed by atoms with E-state index in [1.54, 1.807) is 0 Å². The summed E-state index contributed by atoms with van der Waals surface area (Å²) in [7, 11) is 1.94. The van der Waals surface area contributed by atoms with Crippen LogP contribution in [-0.2, 0) is 18.3 Å². The molecule has 5 heteroatoms. The highest BCUT2D eigenvalue weighted by molar-refractivity contribution is 5.77. The van der Waals surface area contributed by atoms with Gasteiger partial charge in [-0.3, -0.25) is 0 Å². The number of benzene rings is 1. The largest absolute Gasteiger partial charge is 0.444 e. The number of ether oxygens (including phenoxy) is 1.